The highest BCUT2D eigenvalue weighted by molar-refractivity contribution is 5.83. The lowest BCUT2D eigenvalue weighted by atomic mass is 9.87. The van der Waals surface area contributed by atoms with Crippen molar-refractivity contribution in [1.82, 2.24) is 10.2 Å². The molecule has 5 nitrogen and oxygen atoms in total. The van der Waals surface area contributed by atoms with Gasteiger partial charge < -0.3 is 14.8 Å². The quantitative estimate of drug-likeness (QED) is 0.344. The highest BCUT2D eigenvalue weighted by atomic mass is 16.5. The molecule has 2 aliphatic rings. The lowest BCUT2D eigenvalue weighted by Gasteiger charge is -2.38. The molecule has 38 heavy (non-hydrogen) atoms. The van der Waals surface area contributed by atoms with Gasteiger partial charge in [-0.2, -0.15) is 0 Å². The maximum atomic E-state index is 13.4. The number of fused-ring (bicyclic) bond motifs is 3. The SMILES string of the molecule is COc1cc2c(cc1OC)C(Cc1ccc3ccccc3c1)N(CC(=O)NC1CCc3ccccc31)CC2. The van der Waals surface area contributed by atoms with Gasteiger partial charge >= 0.3 is 0 Å². The number of carbonyl (C=O) groups excluding carboxylic acids is 1. The number of amides is 1. The second-order valence-electron chi connectivity index (χ2n) is 10.4. The molecule has 0 spiro atoms. The van der Waals surface area contributed by atoms with Gasteiger partial charge in [0, 0.05) is 12.6 Å². The summed E-state index contributed by atoms with van der Waals surface area (Å²) in [5.74, 6) is 1.56. The Morgan fingerprint density at radius 2 is 1.61 bits per heavy atom. The molecule has 0 radical (unpaired) electrons. The van der Waals surface area contributed by atoms with Gasteiger partial charge in [-0.25, -0.2) is 0 Å². The van der Waals surface area contributed by atoms with E-state index in [4.69, 9.17) is 9.47 Å². The van der Waals surface area contributed by atoms with Gasteiger partial charge in [0.05, 0.1) is 26.8 Å². The number of ether oxygens (including phenoxy) is 2. The van der Waals surface area contributed by atoms with Gasteiger partial charge in [-0.15, -0.1) is 0 Å². The van der Waals surface area contributed by atoms with Crippen LogP contribution >= 0.6 is 0 Å². The molecule has 5 heteroatoms. The van der Waals surface area contributed by atoms with Crippen molar-refractivity contribution < 1.29 is 14.3 Å². The molecule has 2 atom stereocenters. The number of nitrogens with one attached hydrogen (secondary N) is 1. The van der Waals surface area contributed by atoms with Crippen LogP contribution in [-0.2, 0) is 24.1 Å². The number of benzene rings is 4. The smallest absolute Gasteiger partial charge is 0.234 e. The fourth-order valence-electron chi connectivity index (χ4n) is 6.23. The lowest BCUT2D eigenvalue weighted by Crippen LogP contribution is -2.44. The summed E-state index contributed by atoms with van der Waals surface area (Å²) in [5.41, 5.74) is 6.33. The van der Waals surface area contributed by atoms with Crippen LogP contribution in [0.3, 0.4) is 0 Å². The summed E-state index contributed by atoms with van der Waals surface area (Å²) in [4.78, 5) is 15.7. The Morgan fingerprint density at radius 3 is 2.45 bits per heavy atom. The zero-order chi connectivity index (χ0) is 26.1. The minimum Gasteiger partial charge on any atom is -0.493 e. The van der Waals surface area contributed by atoms with Crippen molar-refractivity contribution >= 4 is 16.7 Å². The molecule has 0 aromatic heterocycles. The Labute approximate surface area is 224 Å². The highest BCUT2D eigenvalue weighted by Gasteiger charge is 2.32. The maximum absolute atomic E-state index is 13.4. The number of rotatable bonds is 7. The third-order valence-electron chi connectivity index (χ3n) is 8.17. The van der Waals surface area contributed by atoms with Crippen LogP contribution in [0.15, 0.2) is 78.9 Å². The molecule has 0 bridgehead atoms. The minimum atomic E-state index is 0.0568. The van der Waals surface area contributed by atoms with Crippen molar-refractivity contribution in [1.29, 1.82) is 0 Å². The third kappa shape index (κ3) is 4.74. The molecule has 1 aliphatic heterocycles. The molecule has 2 unspecified atom stereocenters. The van der Waals surface area contributed by atoms with Crippen molar-refractivity contribution in [3.63, 3.8) is 0 Å². The average Bonchev–Trinajstić information content (AvgIpc) is 3.36. The summed E-state index contributed by atoms with van der Waals surface area (Å²) in [6.45, 7) is 1.18. The molecular formula is C33H34N2O3. The fraction of sp³-hybridized carbons (Fsp3) is 0.303. The number of methoxy groups -OCH3 is 2. The van der Waals surface area contributed by atoms with E-state index in [-0.39, 0.29) is 18.0 Å². The second-order valence-corrected chi connectivity index (χ2v) is 10.4. The van der Waals surface area contributed by atoms with Crippen molar-refractivity contribution in [2.75, 3.05) is 27.3 Å². The van der Waals surface area contributed by atoms with Gasteiger partial charge in [0.15, 0.2) is 11.5 Å². The topological polar surface area (TPSA) is 50.8 Å². The lowest BCUT2D eigenvalue weighted by molar-refractivity contribution is -0.123. The number of hydrogen-bond donors (Lipinski definition) is 1. The average molecular weight is 507 g/mol. The van der Waals surface area contributed by atoms with Crippen molar-refractivity contribution in [3.8, 4) is 11.5 Å². The summed E-state index contributed by atoms with van der Waals surface area (Å²) in [7, 11) is 3.35. The largest absolute Gasteiger partial charge is 0.493 e. The number of nitrogens with zero attached hydrogens (tertiary/aromatic N) is 1. The highest BCUT2D eigenvalue weighted by Crippen LogP contribution is 2.40. The zero-order valence-corrected chi connectivity index (χ0v) is 22.1. The van der Waals surface area contributed by atoms with E-state index in [9.17, 15) is 4.79 Å². The first-order valence-electron chi connectivity index (χ1n) is 13.5. The van der Waals surface area contributed by atoms with Crippen molar-refractivity contribution in [3.05, 3.63) is 107 Å². The van der Waals surface area contributed by atoms with E-state index < -0.39 is 0 Å². The van der Waals surface area contributed by atoms with Crippen LogP contribution in [0.1, 0.15) is 46.3 Å². The predicted octanol–water partition coefficient (Wildman–Crippen LogP) is 5.80. The van der Waals surface area contributed by atoms with Crippen LogP contribution in [0, 0.1) is 0 Å². The zero-order valence-electron chi connectivity index (χ0n) is 22.1. The van der Waals surface area contributed by atoms with Gasteiger partial charge in [-0.05, 0) is 76.4 Å². The van der Waals surface area contributed by atoms with Crippen LogP contribution in [0.25, 0.3) is 10.8 Å². The second kappa shape index (κ2) is 10.5. The van der Waals surface area contributed by atoms with Crippen LogP contribution in [-0.4, -0.2) is 38.1 Å². The minimum absolute atomic E-state index is 0.0568. The van der Waals surface area contributed by atoms with Crippen LogP contribution in [0.2, 0.25) is 0 Å². The Hall–Kier alpha value is -3.83. The Kier molecular flexibility index (Phi) is 6.77. The van der Waals surface area contributed by atoms with E-state index in [1.165, 1.54) is 38.6 Å². The van der Waals surface area contributed by atoms with Crippen LogP contribution in [0.4, 0.5) is 0 Å². The Bertz CT molecular complexity index is 1480. The van der Waals surface area contributed by atoms with Crippen LogP contribution < -0.4 is 14.8 Å². The first kappa shape index (κ1) is 24.5. The van der Waals surface area contributed by atoms with E-state index in [0.29, 0.717) is 6.54 Å². The van der Waals surface area contributed by atoms with E-state index >= 15 is 0 Å². The van der Waals surface area contributed by atoms with E-state index in [1.807, 2.05) is 0 Å². The monoisotopic (exact) mass is 506 g/mol. The summed E-state index contributed by atoms with van der Waals surface area (Å²) >= 11 is 0. The molecule has 4 aromatic rings. The van der Waals surface area contributed by atoms with Gasteiger partial charge in [-0.1, -0.05) is 66.7 Å². The van der Waals surface area contributed by atoms with Crippen LogP contribution in [0.5, 0.6) is 11.5 Å². The molecule has 0 fully saturated rings. The first-order chi connectivity index (χ1) is 18.6. The summed E-state index contributed by atoms with van der Waals surface area (Å²) in [6, 6.07) is 28.0. The van der Waals surface area contributed by atoms with E-state index in [2.05, 4.69) is 89.1 Å². The third-order valence-corrected chi connectivity index (χ3v) is 8.17. The molecule has 4 aromatic carbocycles. The molecule has 1 N–H and O–H groups in total. The van der Waals surface area contributed by atoms with Gasteiger partial charge in [0.1, 0.15) is 0 Å². The number of carbonyl (C=O) groups is 1. The van der Waals surface area contributed by atoms with E-state index in [1.54, 1.807) is 14.2 Å². The summed E-state index contributed by atoms with van der Waals surface area (Å²) in [6.07, 6.45) is 3.66. The van der Waals surface area contributed by atoms with Gasteiger partial charge in [0.2, 0.25) is 5.91 Å². The summed E-state index contributed by atoms with van der Waals surface area (Å²) in [5, 5.41) is 5.80. The Balaban J connectivity index is 1.29. The molecule has 6 rings (SSSR count). The molecule has 0 saturated carbocycles. The van der Waals surface area contributed by atoms with Crippen molar-refractivity contribution in [2.45, 2.75) is 37.8 Å². The summed E-state index contributed by atoms with van der Waals surface area (Å²) < 4.78 is 11.3. The van der Waals surface area contributed by atoms with E-state index in [0.717, 1.165) is 43.7 Å². The predicted molar refractivity (Wildman–Crippen MR) is 151 cm³/mol. The fourth-order valence-corrected chi connectivity index (χ4v) is 6.23. The van der Waals surface area contributed by atoms with Crippen molar-refractivity contribution in [2.24, 2.45) is 0 Å². The molecule has 0 saturated heterocycles. The van der Waals surface area contributed by atoms with Gasteiger partial charge in [0.25, 0.3) is 0 Å². The molecule has 1 aliphatic carbocycles. The Morgan fingerprint density at radius 1 is 0.842 bits per heavy atom. The first-order valence-corrected chi connectivity index (χ1v) is 13.5. The standard InChI is InChI=1S/C33H34N2O3/c1-37-31-19-26-15-16-35(21-33(36)34-29-14-13-24-8-5-6-10-27(24)29)30(28(26)20-32(31)38-2)18-22-11-12-23-7-3-4-9-25(23)17-22/h3-12,17,19-20,29-30H,13-16,18,21H2,1-2H3,(H,34,36). The van der Waals surface area contributed by atoms with Gasteiger partial charge in [-0.3, -0.25) is 9.69 Å². The molecule has 194 valence electrons. The number of aryl methyl sites for hydroxylation is 1. The molecule has 1 heterocycles. The normalized spacial score (nSPS) is 18.6. The molecular weight excluding hydrogens is 472 g/mol. The number of hydrogen-bond acceptors (Lipinski definition) is 4. The maximum Gasteiger partial charge on any atom is 0.234 e. The molecule has 1 amide bonds.